The van der Waals surface area contributed by atoms with Crippen molar-refractivity contribution < 1.29 is 4.74 Å². The fourth-order valence-electron chi connectivity index (χ4n) is 1.95. The summed E-state index contributed by atoms with van der Waals surface area (Å²) in [6.45, 7) is 0. The second kappa shape index (κ2) is 5.33. The maximum atomic E-state index is 5.35. The van der Waals surface area contributed by atoms with Gasteiger partial charge in [-0.2, -0.15) is 5.10 Å². The van der Waals surface area contributed by atoms with E-state index < -0.39 is 0 Å². The molecule has 92 valence electrons. The summed E-state index contributed by atoms with van der Waals surface area (Å²) in [5.41, 5.74) is 1.09. The van der Waals surface area contributed by atoms with Gasteiger partial charge in [0.1, 0.15) is 0 Å². The fraction of sp³-hybridized carbons (Fsp3) is 0.417. The van der Waals surface area contributed by atoms with Gasteiger partial charge in [0.05, 0.1) is 25.0 Å². The lowest BCUT2D eigenvalue weighted by Crippen LogP contribution is -2.21. The number of rotatable bonds is 5. The second-order valence-electron chi connectivity index (χ2n) is 3.85. The van der Waals surface area contributed by atoms with Crippen LogP contribution < -0.4 is 10.1 Å². The van der Waals surface area contributed by atoms with Crippen molar-refractivity contribution in [3.8, 4) is 5.75 Å². The zero-order valence-corrected chi connectivity index (χ0v) is 11.1. The number of aryl methyl sites for hydroxylation is 1. The molecule has 2 heterocycles. The Morgan fingerprint density at radius 3 is 3.00 bits per heavy atom. The highest BCUT2D eigenvalue weighted by Gasteiger charge is 2.19. The summed E-state index contributed by atoms with van der Waals surface area (Å²) in [6.07, 6.45) is 2.71. The maximum Gasteiger partial charge on any atom is 0.161 e. The maximum absolute atomic E-state index is 5.35. The molecule has 2 rings (SSSR count). The average Bonchev–Trinajstić information content (AvgIpc) is 2.95. The molecule has 5 heteroatoms. The highest BCUT2D eigenvalue weighted by Crippen LogP contribution is 2.27. The third-order valence-electron chi connectivity index (χ3n) is 2.83. The zero-order valence-electron chi connectivity index (χ0n) is 10.3. The summed E-state index contributed by atoms with van der Waals surface area (Å²) < 4.78 is 7.22. The Morgan fingerprint density at radius 2 is 2.41 bits per heavy atom. The van der Waals surface area contributed by atoms with Crippen LogP contribution in [0.3, 0.4) is 0 Å². The topological polar surface area (TPSA) is 39.1 Å². The highest BCUT2D eigenvalue weighted by atomic mass is 32.1. The molecule has 1 N–H and O–H groups in total. The lowest BCUT2D eigenvalue weighted by atomic mass is 10.1. The van der Waals surface area contributed by atoms with E-state index in [1.54, 1.807) is 24.6 Å². The second-order valence-corrected chi connectivity index (χ2v) is 4.88. The number of ether oxygens (including phenoxy) is 1. The molecule has 17 heavy (non-hydrogen) atoms. The van der Waals surface area contributed by atoms with E-state index in [4.69, 9.17) is 4.74 Å². The van der Waals surface area contributed by atoms with Gasteiger partial charge < -0.3 is 10.1 Å². The van der Waals surface area contributed by atoms with Crippen molar-refractivity contribution in [2.24, 2.45) is 7.05 Å². The van der Waals surface area contributed by atoms with Crippen LogP contribution in [0.2, 0.25) is 0 Å². The molecular formula is C12H17N3OS. The van der Waals surface area contributed by atoms with E-state index in [9.17, 15) is 0 Å². The molecule has 0 bridgehead atoms. The Morgan fingerprint density at radius 1 is 1.59 bits per heavy atom. The summed E-state index contributed by atoms with van der Waals surface area (Å²) in [7, 11) is 5.58. The summed E-state index contributed by atoms with van der Waals surface area (Å²) in [5, 5.41) is 9.66. The van der Waals surface area contributed by atoms with Gasteiger partial charge in [-0.25, -0.2) is 0 Å². The van der Waals surface area contributed by atoms with E-state index >= 15 is 0 Å². The lowest BCUT2D eigenvalue weighted by Gasteiger charge is -2.17. The van der Waals surface area contributed by atoms with Crippen molar-refractivity contribution in [2.45, 2.75) is 12.5 Å². The van der Waals surface area contributed by atoms with Crippen LogP contribution in [0.1, 0.15) is 16.6 Å². The van der Waals surface area contributed by atoms with Gasteiger partial charge in [0.2, 0.25) is 0 Å². The molecular weight excluding hydrogens is 234 g/mol. The molecule has 0 aliphatic rings. The molecule has 0 saturated heterocycles. The largest absolute Gasteiger partial charge is 0.493 e. The van der Waals surface area contributed by atoms with Crippen LogP contribution in [0.4, 0.5) is 0 Å². The summed E-state index contributed by atoms with van der Waals surface area (Å²) in [5.74, 6) is 0.836. The van der Waals surface area contributed by atoms with Crippen molar-refractivity contribution in [1.29, 1.82) is 0 Å². The van der Waals surface area contributed by atoms with Gasteiger partial charge in [-0.3, -0.25) is 4.68 Å². The summed E-state index contributed by atoms with van der Waals surface area (Å²) in [6, 6.07) is 4.45. The van der Waals surface area contributed by atoms with Gasteiger partial charge >= 0.3 is 0 Å². The van der Waals surface area contributed by atoms with E-state index in [2.05, 4.69) is 27.9 Å². The first-order chi connectivity index (χ1) is 8.26. The van der Waals surface area contributed by atoms with Gasteiger partial charge in [0.15, 0.2) is 5.75 Å². The van der Waals surface area contributed by atoms with Crippen molar-refractivity contribution in [3.05, 3.63) is 34.3 Å². The molecule has 0 radical (unpaired) electrons. The Bertz CT molecular complexity index is 464. The molecule has 0 saturated carbocycles. The van der Waals surface area contributed by atoms with Crippen LogP contribution in [0.15, 0.2) is 23.7 Å². The standard InChI is InChI=1S/C12H17N3OS/c1-13-10(7-9-5-4-6-17-9)12-11(16-3)8-14-15(12)2/h4-6,8,10,13H,7H2,1-3H3. The number of likely N-dealkylation sites (N-methyl/N-ethyl adjacent to an activating group) is 1. The van der Waals surface area contributed by atoms with Crippen LogP contribution in [-0.4, -0.2) is 23.9 Å². The minimum Gasteiger partial charge on any atom is -0.493 e. The smallest absolute Gasteiger partial charge is 0.161 e. The zero-order chi connectivity index (χ0) is 12.3. The summed E-state index contributed by atoms with van der Waals surface area (Å²) in [4.78, 5) is 1.35. The van der Waals surface area contributed by atoms with Crippen LogP contribution in [0.5, 0.6) is 5.75 Å². The third kappa shape index (κ3) is 2.50. The molecule has 2 aromatic heterocycles. The normalized spacial score (nSPS) is 12.6. The van der Waals surface area contributed by atoms with E-state index in [0.29, 0.717) is 0 Å². The minimum atomic E-state index is 0.219. The van der Waals surface area contributed by atoms with Gasteiger partial charge in [-0.15, -0.1) is 11.3 Å². The highest BCUT2D eigenvalue weighted by molar-refractivity contribution is 7.09. The molecule has 0 fully saturated rings. The van der Waals surface area contributed by atoms with Crippen molar-refractivity contribution in [1.82, 2.24) is 15.1 Å². The molecule has 0 spiro atoms. The Kier molecular flexibility index (Phi) is 3.81. The number of hydrogen-bond acceptors (Lipinski definition) is 4. The third-order valence-corrected chi connectivity index (χ3v) is 3.73. The Hall–Kier alpha value is -1.33. The number of thiophene rings is 1. The number of aromatic nitrogens is 2. The minimum absolute atomic E-state index is 0.219. The van der Waals surface area contributed by atoms with Gasteiger partial charge in [0, 0.05) is 18.3 Å². The number of nitrogens with zero attached hydrogens (tertiary/aromatic N) is 2. The van der Waals surface area contributed by atoms with E-state index in [0.717, 1.165) is 17.9 Å². The Labute approximate surface area is 105 Å². The molecule has 0 aromatic carbocycles. The molecule has 1 atom stereocenters. The van der Waals surface area contributed by atoms with Gasteiger partial charge in [0.25, 0.3) is 0 Å². The SMILES string of the molecule is CNC(Cc1cccs1)c1c(OC)cnn1C. The van der Waals surface area contributed by atoms with Crippen molar-refractivity contribution in [3.63, 3.8) is 0 Å². The molecule has 0 aliphatic heterocycles. The van der Waals surface area contributed by atoms with Crippen LogP contribution >= 0.6 is 11.3 Å². The first-order valence-corrected chi connectivity index (χ1v) is 6.39. The fourth-order valence-corrected chi connectivity index (χ4v) is 2.70. The first kappa shape index (κ1) is 12.1. The summed E-state index contributed by atoms with van der Waals surface area (Å²) >= 11 is 1.77. The van der Waals surface area contributed by atoms with Crippen LogP contribution in [-0.2, 0) is 13.5 Å². The van der Waals surface area contributed by atoms with Crippen molar-refractivity contribution in [2.75, 3.05) is 14.2 Å². The molecule has 4 nitrogen and oxygen atoms in total. The number of hydrogen-bond donors (Lipinski definition) is 1. The average molecular weight is 251 g/mol. The van der Waals surface area contributed by atoms with Gasteiger partial charge in [-0.1, -0.05) is 6.07 Å². The van der Waals surface area contributed by atoms with Crippen molar-refractivity contribution >= 4 is 11.3 Å². The van der Waals surface area contributed by atoms with E-state index in [-0.39, 0.29) is 6.04 Å². The first-order valence-electron chi connectivity index (χ1n) is 5.51. The predicted octanol–water partition coefficient (Wildman–Crippen LogP) is 1.99. The van der Waals surface area contributed by atoms with E-state index in [1.807, 2.05) is 18.8 Å². The number of methoxy groups -OCH3 is 1. The molecule has 1 unspecified atom stereocenters. The predicted molar refractivity (Wildman–Crippen MR) is 69.6 cm³/mol. The molecule has 2 aromatic rings. The van der Waals surface area contributed by atoms with Gasteiger partial charge in [-0.05, 0) is 18.5 Å². The lowest BCUT2D eigenvalue weighted by molar-refractivity contribution is 0.397. The van der Waals surface area contributed by atoms with E-state index in [1.165, 1.54) is 4.88 Å². The monoisotopic (exact) mass is 251 g/mol. The number of nitrogens with one attached hydrogen (secondary N) is 1. The quantitative estimate of drug-likeness (QED) is 0.883. The van der Waals surface area contributed by atoms with Crippen LogP contribution in [0.25, 0.3) is 0 Å². The molecule has 0 amide bonds. The molecule has 0 aliphatic carbocycles. The van der Waals surface area contributed by atoms with Crippen LogP contribution in [0, 0.1) is 0 Å². The Balaban J connectivity index is 2.25.